The van der Waals surface area contributed by atoms with Crippen molar-refractivity contribution < 1.29 is 9.59 Å². The molecular weight excluding hydrogens is 398 g/mol. The van der Waals surface area contributed by atoms with E-state index in [0.717, 1.165) is 21.9 Å². The molecular formula is C27H23N3O2. The van der Waals surface area contributed by atoms with Crippen LogP contribution in [0, 0.1) is 6.92 Å². The van der Waals surface area contributed by atoms with Crippen LogP contribution in [0.1, 0.15) is 38.8 Å². The van der Waals surface area contributed by atoms with Crippen molar-refractivity contribution in [3.8, 4) is 0 Å². The number of rotatable bonds is 5. The number of hydrazone groups is 1. The quantitative estimate of drug-likeness (QED) is 0.327. The second-order valence-corrected chi connectivity index (χ2v) is 7.51. The predicted molar refractivity (Wildman–Crippen MR) is 129 cm³/mol. The van der Waals surface area contributed by atoms with Gasteiger partial charge in [0.15, 0.2) is 0 Å². The maximum Gasteiger partial charge on any atom is 0.273 e. The van der Waals surface area contributed by atoms with Crippen LogP contribution in [0.4, 0.5) is 5.69 Å². The molecule has 5 heteroatoms. The van der Waals surface area contributed by atoms with E-state index in [0.29, 0.717) is 22.5 Å². The second-order valence-electron chi connectivity index (χ2n) is 7.51. The lowest BCUT2D eigenvalue weighted by Gasteiger charge is -2.11. The highest BCUT2D eigenvalue weighted by molar-refractivity contribution is 6.10. The number of aryl methyl sites for hydroxylation is 1. The number of amides is 2. The third-order valence-electron chi connectivity index (χ3n) is 5.30. The summed E-state index contributed by atoms with van der Waals surface area (Å²) in [6, 6.07) is 28.3. The van der Waals surface area contributed by atoms with Gasteiger partial charge in [0.1, 0.15) is 0 Å². The van der Waals surface area contributed by atoms with E-state index in [2.05, 4.69) is 21.9 Å². The minimum absolute atomic E-state index is 0.265. The van der Waals surface area contributed by atoms with Crippen LogP contribution in [0.25, 0.3) is 10.8 Å². The fraction of sp³-hybridized carbons (Fsp3) is 0.0741. The Morgan fingerprint density at radius 1 is 0.719 bits per heavy atom. The molecule has 158 valence electrons. The lowest BCUT2D eigenvalue weighted by atomic mass is 10.0. The van der Waals surface area contributed by atoms with Crippen LogP contribution >= 0.6 is 0 Å². The lowest BCUT2D eigenvalue weighted by Crippen LogP contribution is -2.22. The largest absolute Gasteiger partial charge is 0.321 e. The predicted octanol–water partition coefficient (Wildman–Crippen LogP) is 5.55. The highest BCUT2D eigenvalue weighted by Gasteiger charge is 2.15. The number of carbonyl (C=O) groups is 2. The molecule has 2 N–H and O–H groups in total. The molecule has 0 radical (unpaired) electrons. The molecule has 5 nitrogen and oxygen atoms in total. The molecule has 0 aliphatic carbocycles. The van der Waals surface area contributed by atoms with E-state index in [4.69, 9.17) is 0 Å². The van der Waals surface area contributed by atoms with Crippen molar-refractivity contribution in [1.82, 2.24) is 5.43 Å². The van der Waals surface area contributed by atoms with Crippen LogP contribution in [-0.4, -0.2) is 17.5 Å². The topological polar surface area (TPSA) is 70.6 Å². The molecule has 4 aromatic rings. The lowest BCUT2D eigenvalue weighted by molar-refractivity contribution is 0.0955. The Labute approximate surface area is 186 Å². The molecule has 0 bridgehead atoms. The second kappa shape index (κ2) is 9.27. The van der Waals surface area contributed by atoms with Gasteiger partial charge < -0.3 is 5.32 Å². The number of nitrogens with zero attached hydrogens (tertiary/aromatic N) is 1. The van der Waals surface area contributed by atoms with Crippen LogP contribution in [-0.2, 0) is 0 Å². The maximum atomic E-state index is 12.8. The van der Waals surface area contributed by atoms with Crippen molar-refractivity contribution in [3.63, 3.8) is 0 Å². The fourth-order valence-corrected chi connectivity index (χ4v) is 3.48. The zero-order valence-electron chi connectivity index (χ0n) is 17.9. The Bertz CT molecular complexity index is 1340. The number of carbonyl (C=O) groups excluding carboxylic acids is 2. The molecule has 0 saturated heterocycles. The van der Waals surface area contributed by atoms with Gasteiger partial charge in [-0.15, -0.1) is 0 Å². The summed E-state index contributed by atoms with van der Waals surface area (Å²) in [7, 11) is 0. The molecule has 0 aliphatic heterocycles. The van der Waals surface area contributed by atoms with Crippen LogP contribution in [0.15, 0.2) is 96.1 Å². The Balaban J connectivity index is 1.52. The highest BCUT2D eigenvalue weighted by atomic mass is 16.2. The van der Waals surface area contributed by atoms with E-state index in [9.17, 15) is 9.59 Å². The van der Waals surface area contributed by atoms with E-state index in [1.165, 1.54) is 0 Å². The summed E-state index contributed by atoms with van der Waals surface area (Å²) in [5.41, 5.74) is 6.41. The Hall–Kier alpha value is -4.25. The van der Waals surface area contributed by atoms with Crippen molar-refractivity contribution in [2.24, 2.45) is 5.10 Å². The average molecular weight is 422 g/mol. The van der Waals surface area contributed by atoms with Crippen LogP contribution in [0.3, 0.4) is 0 Å². The molecule has 32 heavy (non-hydrogen) atoms. The minimum Gasteiger partial charge on any atom is -0.321 e. The molecule has 4 rings (SSSR count). The van der Waals surface area contributed by atoms with Gasteiger partial charge in [-0.25, -0.2) is 5.43 Å². The summed E-state index contributed by atoms with van der Waals surface area (Å²) in [4.78, 5) is 25.5. The molecule has 0 aromatic heterocycles. The van der Waals surface area contributed by atoms with Crippen molar-refractivity contribution >= 4 is 34.0 Å². The normalized spacial score (nSPS) is 11.2. The van der Waals surface area contributed by atoms with Crippen LogP contribution < -0.4 is 10.7 Å². The number of hydrogen-bond acceptors (Lipinski definition) is 3. The number of benzene rings is 4. The summed E-state index contributed by atoms with van der Waals surface area (Å²) in [5, 5.41) is 9.37. The van der Waals surface area contributed by atoms with Gasteiger partial charge in [0.25, 0.3) is 11.8 Å². The van der Waals surface area contributed by atoms with E-state index in [1.54, 1.807) is 30.3 Å². The third-order valence-corrected chi connectivity index (χ3v) is 5.30. The first-order valence-corrected chi connectivity index (χ1v) is 10.3. The van der Waals surface area contributed by atoms with Gasteiger partial charge in [0, 0.05) is 5.56 Å². The Morgan fingerprint density at radius 3 is 2.16 bits per heavy atom. The van der Waals surface area contributed by atoms with Gasteiger partial charge in [0.2, 0.25) is 0 Å². The van der Waals surface area contributed by atoms with Crippen molar-refractivity contribution in [3.05, 3.63) is 113 Å². The van der Waals surface area contributed by atoms with Crippen LogP contribution in [0.5, 0.6) is 0 Å². The first kappa shape index (κ1) is 21.0. The van der Waals surface area contributed by atoms with Gasteiger partial charge in [-0.05, 0) is 60.0 Å². The van der Waals surface area contributed by atoms with Crippen LogP contribution in [0.2, 0.25) is 0 Å². The highest BCUT2D eigenvalue weighted by Crippen LogP contribution is 2.18. The average Bonchev–Trinajstić information content (AvgIpc) is 2.82. The Morgan fingerprint density at radius 2 is 1.38 bits per heavy atom. The molecule has 0 spiro atoms. The van der Waals surface area contributed by atoms with Crippen molar-refractivity contribution in [1.29, 1.82) is 0 Å². The minimum atomic E-state index is -0.397. The maximum absolute atomic E-state index is 12.8. The summed E-state index contributed by atoms with van der Waals surface area (Å²) in [6.45, 7) is 3.72. The van der Waals surface area contributed by atoms with E-state index < -0.39 is 5.91 Å². The zero-order chi connectivity index (χ0) is 22.5. The van der Waals surface area contributed by atoms with E-state index in [-0.39, 0.29) is 5.91 Å². The molecule has 0 fully saturated rings. The smallest absolute Gasteiger partial charge is 0.273 e. The third kappa shape index (κ3) is 4.57. The van der Waals surface area contributed by atoms with Crippen molar-refractivity contribution in [2.45, 2.75) is 13.8 Å². The van der Waals surface area contributed by atoms with E-state index >= 15 is 0 Å². The molecule has 4 aromatic carbocycles. The standard InChI is InChI=1S/C27H23N3O2/c1-18-9-3-6-12-23(18)26(31)28-25-14-8-7-13-24(25)27(32)30-29-19(2)21-16-15-20-10-4-5-11-22(20)17-21/h3-17H,1-2H3,(H,28,31)(H,30,32). The van der Waals surface area contributed by atoms with Crippen molar-refractivity contribution in [2.75, 3.05) is 5.32 Å². The summed E-state index contributed by atoms with van der Waals surface area (Å²) in [5.74, 6) is -0.662. The van der Waals surface area contributed by atoms with Gasteiger partial charge in [0.05, 0.1) is 17.0 Å². The summed E-state index contributed by atoms with van der Waals surface area (Å²) in [6.07, 6.45) is 0. The first-order valence-electron chi connectivity index (χ1n) is 10.3. The first-order chi connectivity index (χ1) is 15.5. The van der Waals surface area contributed by atoms with Gasteiger partial charge in [-0.3, -0.25) is 9.59 Å². The SMILES string of the molecule is CC(=NNC(=O)c1ccccc1NC(=O)c1ccccc1C)c1ccc2ccccc2c1. The monoisotopic (exact) mass is 421 g/mol. The van der Waals surface area contributed by atoms with Gasteiger partial charge in [-0.1, -0.05) is 66.7 Å². The molecule has 0 unspecified atom stereocenters. The zero-order valence-corrected chi connectivity index (χ0v) is 17.9. The molecule has 0 aliphatic rings. The van der Waals surface area contributed by atoms with E-state index in [1.807, 2.05) is 68.4 Å². The number of anilines is 1. The molecule has 0 atom stereocenters. The number of fused-ring (bicyclic) bond motifs is 1. The summed E-state index contributed by atoms with van der Waals surface area (Å²) < 4.78 is 0. The van der Waals surface area contributed by atoms with Gasteiger partial charge >= 0.3 is 0 Å². The van der Waals surface area contributed by atoms with Gasteiger partial charge in [-0.2, -0.15) is 5.10 Å². The molecule has 2 amide bonds. The number of hydrogen-bond donors (Lipinski definition) is 2. The number of para-hydroxylation sites is 1. The number of nitrogens with one attached hydrogen (secondary N) is 2. The summed E-state index contributed by atoms with van der Waals surface area (Å²) >= 11 is 0. The Kier molecular flexibility index (Phi) is 6.08. The molecule has 0 saturated carbocycles. The fourth-order valence-electron chi connectivity index (χ4n) is 3.48. The molecule has 0 heterocycles.